The minimum Gasteiger partial charge on any atom is -0.507 e. The summed E-state index contributed by atoms with van der Waals surface area (Å²) in [6.07, 6.45) is 0. The standard InChI is InChI=1S/C14H13N5O2S2/c1-2-22-14-19-18-13(23-14)15-12(21)10-7-9(16-17-10)8-5-3-4-6-11(8)20/h3-7,20H,2H2,1H3,(H,16,17)(H,15,18,21). The molecule has 0 aliphatic heterocycles. The van der Waals surface area contributed by atoms with Gasteiger partial charge in [-0.3, -0.25) is 15.2 Å². The third-order valence-corrected chi connectivity index (χ3v) is 4.75. The highest BCUT2D eigenvalue weighted by atomic mass is 32.2. The van der Waals surface area contributed by atoms with E-state index in [0.717, 1.165) is 10.1 Å². The van der Waals surface area contributed by atoms with E-state index in [1.807, 2.05) is 6.92 Å². The summed E-state index contributed by atoms with van der Waals surface area (Å²) >= 11 is 2.89. The van der Waals surface area contributed by atoms with Crippen LogP contribution in [-0.2, 0) is 0 Å². The Morgan fingerprint density at radius 3 is 3.00 bits per heavy atom. The van der Waals surface area contributed by atoms with Gasteiger partial charge in [-0.05, 0) is 24.0 Å². The molecule has 118 valence electrons. The quantitative estimate of drug-likeness (QED) is 0.484. The Morgan fingerprint density at radius 1 is 1.39 bits per heavy atom. The fraction of sp³-hybridized carbons (Fsp3) is 0.143. The third-order valence-electron chi connectivity index (χ3n) is 2.90. The molecule has 2 heterocycles. The molecule has 0 fully saturated rings. The number of hydrogen-bond donors (Lipinski definition) is 3. The summed E-state index contributed by atoms with van der Waals surface area (Å²) in [4.78, 5) is 12.2. The van der Waals surface area contributed by atoms with Crippen molar-refractivity contribution >= 4 is 34.1 Å². The molecule has 3 rings (SSSR count). The molecule has 0 aliphatic carbocycles. The number of carbonyl (C=O) groups excluding carboxylic acids is 1. The van der Waals surface area contributed by atoms with E-state index in [2.05, 4.69) is 25.7 Å². The van der Waals surface area contributed by atoms with E-state index >= 15 is 0 Å². The Balaban J connectivity index is 1.74. The van der Waals surface area contributed by atoms with Gasteiger partial charge >= 0.3 is 0 Å². The Kier molecular flexibility index (Phi) is 4.58. The molecule has 0 unspecified atom stereocenters. The number of aromatic hydroxyl groups is 1. The number of anilines is 1. The smallest absolute Gasteiger partial charge is 0.275 e. The summed E-state index contributed by atoms with van der Waals surface area (Å²) in [5.74, 6) is 0.646. The molecule has 3 N–H and O–H groups in total. The molecule has 0 saturated heterocycles. The van der Waals surface area contributed by atoms with E-state index < -0.39 is 0 Å². The van der Waals surface area contributed by atoms with Crippen molar-refractivity contribution in [3.8, 4) is 17.0 Å². The van der Waals surface area contributed by atoms with E-state index in [9.17, 15) is 9.90 Å². The van der Waals surface area contributed by atoms with Crippen molar-refractivity contribution in [1.82, 2.24) is 20.4 Å². The van der Waals surface area contributed by atoms with Gasteiger partial charge in [-0.1, -0.05) is 42.2 Å². The fourth-order valence-electron chi connectivity index (χ4n) is 1.87. The average Bonchev–Trinajstić information content (AvgIpc) is 3.18. The van der Waals surface area contributed by atoms with Crippen LogP contribution in [0.2, 0.25) is 0 Å². The lowest BCUT2D eigenvalue weighted by atomic mass is 10.1. The lowest BCUT2D eigenvalue weighted by molar-refractivity contribution is 0.102. The summed E-state index contributed by atoms with van der Waals surface area (Å²) in [6.45, 7) is 2.02. The molecule has 7 nitrogen and oxygen atoms in total. The van der Waals surface area contributed by atoms with E-state index in [4.69, 9.17) is 0 Å². The minimum atomic E-state index is -0.358. The molecular weight excluding hydrogens is 334 g/mol. The van der Waals surface area contributed by atoms with Crippen LogP contribution in [0.25, 0.3) is 11.3 Å². The zero-order chi connectivity index (χ0) is 16.2. The van der Waals surface area contributed by atoms with Gasteiger partial charge in [0, 0.05) is 5.56 Å². The first-order chi connectivity index (χ1) is 11.2. The maximum Gasteiger partial charge on any atom is 0.275 e. The van der Waals surface area contributed by atoms with E-state index in [0.29, 0.717) is 16.4 Å². The summed E-state index contributed by atoms with van der Waals surface area (Å²) in [5.41, 5.74) is 1.33. The first-order valence-electron chi connectivity index (χ1n) is 6.79. The topological polar surface area (TPSA) is 104 Å². The zero-order valence-corrected chi connectivity index (χ0v) is 13.7. The highest BCUT2D eigenvalue weighted by Gasteiger charge is 2.15. The predicted octanol–water partition coefficient (Wildman–Crippen LogP) is 3.00. The Morgan fingerprint density at radius 2 is 2.22 bits per heavy atom. The van der Waals surface area contributed by atoms with Gasteiger partial charge in [-0.25, -0.2) is 0 Å². The van der Waals surface area contributed by atoms with Crippen LogP contribution in [0, 0.1) is 0 Å². The number of thioether (sulfide) groups is 1. The third kappa shape index (κ3) is 3.51. The van der Waals surface area contributed by atoms with Gasteiger partial charge in [-0.2, -0.15) is 5.10 Å². The molecule has 0 bridgehead atoms. The number of hydrogen-bond acceptors (Lipinski definition) is 7. The van der Waals surface area contributed by atoms with E-state index in [1.54, 1.807) is 42.1 Å². The van der Waals surface area contributed by atoms with E-state index in [-0.39, 0.29) is 17.4 Å². The van der Waals surface area contributed by atoms with Crippen molar-refractivity contribution in [3.05, 3.63) is 36.0 Å². The van der Waals surface area contributed by atoms with Crippen molar-refractivity contribution in [2.45, 2.75) is 11.3 Å². The molecule has 1 aromatic carbocycles. The molecule has 9 heteroatoms. The highest BCUT2D eigenvalue weighted by molar-refractivity contribution is 8.01. The summed E-state index contributed by atoms with van der Waals surface area (Å²) in [5, 5.41) is 27.6. The van der Waals surface area contributed by atoms with Gasteiger partial charge in [-0.15, -0.1) is 10.2 Å². The lowest BCUT2D eigenvalue weighted by Gasteiger charge is -1.98. The lowest BCUT2D eigenvalue weighted by Crippen LogP contribution is -2.12. The first kappa shape index (κ1) is 15.5. The largest absolute Gasteiger partial charge is 0.507 e. The number of H-pyrrole nitrogens is 1. The first-order valence-corrected chi connectivity index (χ1v) is 8.59. The molecule has 23 heavy (non-hydrogen) atoms. The van der Waals surface area contributed by atoms with Gasteiger partial charge < -0.3 is 5.11 Å². The normalized spacial score (nSPS) is 10.7. The molecule has 1 amide bonds. The van der Waals surface area contributed by atoms with Crippen LogP contribution >= 0.6 is 23.1 Å². The number of rotatable bonds is 5. The number of phenolic OH excluding ortho intramolecular Hbond substituents is 1. The molecule has 3 aromatic rings. The highest BCUT2D eigenvalue weighted by Crippen LogP contribution is 2.28. The number of nitrogens with zero attached hydrogens (tertiary/aromatic N) is 3. The summed E-state index contributed by atoms with van der Waals surface area (Å²) < 4.78 is 0.808. The van der Waals surface area contributed by atoms with Gasteiger partial charge in [0.2, 0.25) is 5.13 Å². The van der Waals surface area contributed by atoms with Crippen LogP contribution in [0.5, 0.6) is 5.75 Å². The van der Waals surface area contributed by atoms with Gasteiger partial charge in [0.25, 0.3) is 5.91 Å². The number of aromatic nitrogens is 4. The number of nitrogens with one attached hydrogen (secondary N) is 2. The molecule has 0 saturated carbocycles. The van der Waals surface area contributed by atoms with Gasteiger partial charge in [0.05, 0.1) is 5.69 Å². The number of para-hydroxylation sites is 1. The number of carbonyl (C=O) groups is 1. The number of benzene rings is 1. The fourth-order valence-corrected chi connectivity index (χ4v) is 3.52. The van der Waals surface area contributed by atoms with E-state index in [1.165, 1.54) is 11.3 Å². The van der Waals surface area contributed by atoms with Crippen molar-refractivity contribution < 1.29 is 9.90 Å². The molecule has 0 spiro atoms. The number of phenols is 1. The molecule has 0 atom stereocenters. The second-order valence-electron chi connectivity index (χ2n) is 4.44. The van der Waals surface area contributed by atoms with Crippen LogP contribution in [0.4, 0.5) is 5.13 Å². The minimum absolute atomic E-state index is 0.108. The zero-order valence-electron chi connectivity index (χ0n) is 12.1. The SMILES string of the molecule is CCSc1nnc(NC(=O)c2cc(-c3ccccc3O)n[nH]2)s1. The Labute approximate surface area is 140 Å². The average molecular weight is 347 g/mol. The second-order valence-corrected chi connectivity index (χ2v) is 6.93. The maximum atomic E-state index is 12.2. The molecule has 0 radical (unpaired) electrons. The van der Waals surface area contributed by atoms with Crippen LogP contribution in [0.15, 0.2) is 34.7 Å². The molecule has 2 aromatic heterocycles. The number of aromatic amines is 1. The monoisotopic (exact) mass is 347 g/mol. The Bertz CT molecular complexity index is 830. The maximum absolute atomic E-state index is 12.2. The Hall–Kier alpha value is -2.39. The van der Waals surface area contributed by atoms with Crippen molar-refractivity contribution in [1.29, 1.82) is 0 Å². The van der Waals surface area contributed by atoms with Crippen LogP contribution in [0.3, 0.4) is 0 Å². The van der Waals surface area contributed by atoms with Gasteiger partial charge in [0.15, 0.2) is 4.34 Å². The van der Waals surface area contributed by atoms with Crippen molar-refractivity contribution in [2.24, 2.45) is 0 Å². The van der Waals surface area contributed by atoms with Gasteiger partial charge in [0.1, 0.15) is 11.4 Å². The van der Waals surface area contributed by atoms with Crippen LogP contribution in [-0.4, -0.2) is 37.2 Å². The van der Waals surface area contributed by atoms with Crippen LogP contribution < -0.4 is 5.32 Å². The van der Waals surface area contributed by atoms with Crippen molar-refractivity contribution in [3.63, 3.8) is 0 Å². The molecular formula is C14H13N5O2S2. The number of amides is 1. The van der Waals surface area contributed by atoms with Crippen LogP contribution in [0.1, 0.15) is 17.4 Å². The summed E-state index contributed by atoms with van der Waals surface area (Å²) in [6, 6.07) is 8.38. The molecule has 0 aliphatic rings. The second kappa shape index (κ2) is 6.80. The van der Waals surface area contributed by atoms with Crippen molar-refractivity contribution in [2.75, 3.05) is 11.1 Å². The predicted molar refractivity (Wildman–Crippen MR) is 89.9 cm³/mol. The summed E-state index contributed by atoms with van der Waals surface area (Å²) in [7, 11) is 0.